The summed E-state index contributed by atoms with van der Waals surface area (Å²) in [7, 11) is 0. The van der Waals surface area contributed by atoms with Crippen molar-refractivity contribution >= 4 is 46.1 Å². The first-order chi connectivity index (χ1) is 7.02. The number of carbonyl (C=O) groups excluding carboxylic acids is 1. The summed E-state index contributed by atoms with van der Waals surface area (Å²) in [6.07, 6.45) is 0. The number of nitrogens with one attached hydrogen (secondary N) is 1. The molecule has 6 heteroatoms. The molecule has 0 aromatic carbocycles. The van der Waals surface area contributed by atoms with Crippen molar-refractivity contribution in [3.05, 3.63) is 21.3 Å². The van der Waals surface area contributed by atoms with Gasteiger partial charge < -0.3 is 11.1 Å². The fraction of sp³-hybridized carbons (Fsp3) is 0.333. The molecule has 0 radical (unpaired) electrons. The Kier molecular flexibility index (Phi) is 4.50. The minimum atomic E-state index is -0.182. The molecule has 1 aromatic heterocycles. The smallest absolute Gasteiger partial charge is 0.262 e. The summed E-state index contributed by atoms with van der Waals surface area (Å²) >= 11 is 11.9. The molecule has 1 heterocycles. The van der Waals surface area contributed by atoms with Gasteiger partial charge in [-0.05, 0) is 11.4 Å². The molecule has 0 fully saturated rings. The molecule has 0 aliphatic carbocycles. The van der Waals surface area contributed by atoms with Crippen molar-refractivity contribution < 1.29 is 4.79 Å². The van der Waals surface area contributed by atoms with Gasteiger partial charge in [-0.1, -0.05) is 30.7 Å². The van der Waals surface area contributed by atoms with Gasteiger partial charge in [0, 0.05) is 12.5 Å². The summed E-state index contributed by atoms with van der Waals surface area (Å²) in [4.78, 5) is 12.5. The standard InChI is InChI=1S/C9H11ClN2OS2/c1-5(8(11)14)4-12-9(13)7-6(10)2-3-15-7/h2-3,5H,4H2,1H3,(H2,11,14)(H,12,13). The van der Waals surface area contributed by atoms with Gasteiger partial charge >= 0.3 is 0 Å². The molecule has 0 saturated heterocycles. The van der Waals surface area contributed by atoms with Crippen LogP contribution in [-0.2, 0) is 0 Å². The highest BCUT2D eigenvalue weighted by molar-refractivity contribution is 7.80. The van der Waals surface area contributed by atoms with Gasteiger partial charge in [0.15, 0.2) is 0 Å². The van der Waals surface area contributed by atoms with Gasteiger partial charge in [0.1, 0.15) is 4.88 Å². The van der Waals surface area contributed by atoms with Gasteiger partial charge in [-0.15, -0.1) is 11.3 Å². The van der Waals surface area contributed by atoms with Crippen LogP contribution in [-0.4, -0.2) is 17.4 Å². The molecule has 0 aliphatic heterocycles. The van der Waals surface area contributed by atoms with Crippen molar-refractivity contribution in [1.82, 2.24) is 5.32 Å². The highest BCUT2D eigenvalue weighted by Gasteiger charge is 2.13. The van der Waals surface area contributed by atoms with E-state index in [1.807, 2.05) is 6.92 Å². The van der Waals surface area contributed by atoms with Crippen LogP contribution in [0.25, 0.3) is 0 Å². The van der Waals surface area contributed by atoms with Crippen LogP contribution >= 0.6 is 35.2 Å². The van der Waals surface area contributed by atoms with Crippen LogP contribution in [0.5, 0.6) is 0 Å². The molecule has 0 bridgehead atoms. The van der Waals surface area contributed by atoms with E-state index in [1.165, 1.54) is 11.3 Å². The fourth-order valence-electron chi connectivity index (χ4n) is 0.882. The Morgan fingerprint density at radius 3 is 2.93 bits per heavy atom. The fourth-order valence-corrected chi connectivity index (χ4v) is 2.02. The van der Waals surface area contributed by atoms with Crippen molar-refractivity contribution in [2.75, 3.05) is 6.54 Å². The van der Waals surface area contributed by atoms with Crippen LogP contribution in [0.1, 0.15) is 16.6 Å². The molecule has 1 amide bonds. The van der Waals surface area contributed by atoms with Gasteiger partial charge in [0.2, 0.25) is 0 Å². The predicted molar refractivity (Wildman–Crippen MR) is 67.6 cm³/mol. The van der Waals surface area contributed by atoms with E-state index in [-0.39, 0.29) is 11.8 Å². The average Bonchev–Trinajstić information content (AvgIpc) is 2.60. The number of thiophene rings is 1. The molecule has 1 unspecified atom stereocenters. The van der Waals surface area contributed by atoms with Crippen molar-refractivity contribution in [2.45, 2.75) is 6.92 Å². The lowest BCUT2D eigenvalue weighted by Crippen LogP contribution is -2.33. The minimum Gasteiger partial charge on any atom is -0.393 e. The van der Waals surface area contributed by atoms with Gasteiger partial charge in [0.05, 0.1) is 10.0 Å². The lowest BCUT2D eigenvalue weighted by atomic mass is 10.2. The molecular weight excluding hydrogens is 252 g/mol. The number of carbonyl (C=O) groups is 1. The van der Waals surface area contributed by atoms with Crippen molar-refractivity contribution in [3.8, 4) is 0 Å². The number of hydrogen-bond acceptors (Lipinski definition) is 3. The monoisotopic (exact) mass is 262 g/mol. The van der Waals surface area contributed by atoms with E-state index in [0.29, 0.717) is 21.4 Å². The van der Waals surface area contributed by atoms with Crippen LogP contribution in [0.3, 0.4) is 0 Å². The van der Waals surface area contributed by atoms with E-state index >= 15 is 0 Å². The molecule has 3 nitrogen and oxygen atoms in total. The van der Waals surface area contributed by atoms with Crippen molar-refractivity contribution in [2.24, 2.45) is 11.7 Å². The van der Waals surface area contributed by atoms with E-state index in [4.69, 9.17) is 29.6 Å². The molecule has 82 valence electrons. The second kappa shape index (κ2) is 5.44. The van der Waals surface area contributed by atoms with E-state index in [1.54, 1.807) is 11.4 Å². The first-order valence-electron chi connectivity index (χ1n) is 4.33. The lowest BCUT2D eigenvalue weighted by molar-refractivity contribution is 0.0955. The largest absolute Gasteiger partial charge is 0.393 e. The number of thiocarbonyl (C=S) groups is 1. The van der Waals surface area contributed by atoms with Gasteiger partial charge in [-0.3, -0.25) is 4.79 Å². The maximum Gasteiger partial charge on any atom is 0.262 e. The molecule has 1 atom stereocenters. The van der Waals surface area contributed by atoms with E-state index in [9.17, 15) is 4.79 Å². The Hall–Kier alpha value is -0.650. The Balaban J connectivity index is 2.51. The van der Waals surface area contributed by atoms with Crippen molar-refractivity contribution in [1.29, 1.82) is 0 Å². The molecule has 3 N–H and O–H groups in total. The molecule has 15 heavy (non-hydrogen) atoms. The third kappa shape index (κ3) is 3.44. The zero-order valence-electron chi connectivity index (χ0n) is 8.12. The molecule has 0 spiro atoms. The highest BCUT2D eigenvalue weighted by atomic mass is 35.5. The Morgan fingerprint density at radius 1 is 1.80 bits per heavy atom. The van der Waals surface area contributed by atoms with Crippen LogP contribution in [0.2, 0.25) is 5.02 Å². The normalized spacial score (nSPS) is 12.1. The van der Waals surface area contributed by atoms with Crippen LogP contribution in [0, 0.1) is 5.92 Å². The third-order valence-electron chi connectivity index (χ3n) is 1.88. The SMILES string of the molecule is CC(CNC(=O)c1sccc1Cl)C(N)=S. The van der Waals surface area contributed by atoms with Gasteiger partial charge in [-0.2, -0.15) is 0 Å². The maximum atomic E-state index is 11.6. The Labute approximate surface area is 103 Å². The molecule has 1 rings (SSSR count). The summed E-state index contributed by atoms with van der Waals surface area (Å²) < 4.78 is 0. The average molecular weight is 263 g/mol. The van der Waals surface area contributed by atoms with E-state index < -0.39 is 0 Å². The lowest BCUT2D eigenvalue weighted by Gasteiger charge is -2.10. The summed E-state index contributed by atoms with van der Waals surface area (Å²) in [5.74, 6) is -0.194. The summed E-state index contributed by atoms with van der Waals surface area (Å²) in [6.45, 7) is 2.29. The first kappa shape index (κ1) is 12.4. The summed E-state index contributed by atoms with van der Waals surface area (Å²) in [6, 6.07) is 1.69. The maximum absolute atomic E-state index is 11.6. The van der Waals surface area contributed by atoms with Crippen LogP contribution < -0.4 is 11.1 Å². The summed E-state index contributed by atoms with van der Waals surface area (Å²) in [5, 5.41) is 4.97. The van der Waals surface area contributed by atoms with Gasteiger partial charge in [0.25, 0.3) is 5.91 Å². The zero-order valence-corrected chi connectivity index (χ0v) is 10.5. The molecule has 0 saturated carbocycles. The number of nitrogens with two attached hydrogens (primary N) is 1. The van der Waals surface area contributed by atoms with Crippen LogP contribution in [0.4, 0.5) is 0 Å². The Bertz CT molecular complexity index is 378. The second-order valence-corrected chi connectivity index (χ2v) is 4.91. The van der Waals surface area contributed by atoms with E-state index in [2.05, 4.69) is 5.32 Å². The van der Waals surface area contributed by atoms with Gasteiger partial charge in [-0.25, -0.2) is 0 Å². The number of hydrogen-bond donors (Lipinski definition) is 2. The molecule has 1 aromatic rings. The summed E-state index contributed by atoms with van der Waals surface area (Å²) in [5.41, 5.74) is 5.43. The molecular formula is C9H11ClN2OS2. The minimum absolute atomic E-state index is 0.0114. The Morgan fingerprint density at radius 2 is 2.47 bits per heavy atom. The topological polar surface area (TPSA) is 55.1 Å². The number of amides is 1. The highest BCUT2D eigenvalue weighted by Crippen LogP contribution is 2.21. The molecule has 0 aliphatic rings. The van der Waals surface area contributed by atoms with E-state index in [0.717, 1.165) is 0 Å². The second-order valence-electron chi connectivity index (χ2n) is 3.11. The third-order valence-corrected chi connectivity index (χ3v) is 3.62. The van der Waals surface area contributed by atoms with Crippen molar-refractivity contribution in [3.63, 3.8) is 0 Å². The van der Waals surface area contributed by atoms with Crippen LogP contribution in [0.15, 0.2) is 11.4 Å². The zero-order chi connectivity index (χ0) is 11.4. The quantitative estimate of drug-likeness (QED) is 0.817. The number of halogens is 1. The number of rotatable bonds is 4. The first-order valence-corrected chi connectivity index (χ1v) is 5.99. The predicted octanol–water partition coefficient (Wildman–Crippen LogP) is 2.05.